The van der Waals surface area contributed by atoms with Crippen LogP contribution in [-0.2, 0) is 22.1 Å². The molecule has 2 rings (SSSR count). The molecule has 25 heavy (non-hydrogen) atoms. The summed E-state index contributed by atoms with van der Waals surface area (Å²) in [5.41, 5.74) is 1.08. The lowest BCUT2D eigenvalue weighted by Gasteiger charge is -2.16. The first-order chi connectivity index (χ1) is 11.6. The zero-order valence-electron chi connectivity index (χ0n) is 14.1. The van der Waals surface area contributed by atoms with Crippen molar-refractivity contribution in [1.29, 1.82) is 0 Å². The second-order valence-electron chi connectivity index (χ2n) is 5.92. The Balaban J connectivity index is 2.09. The molecule has 0 atom stereocenters. The zero-order chi connectivity index (χ0) is 18.8. The summed E-state index contributed by atoms with van der Waals surface area (Å²) in [6.45, 7) is 1.67. The van der Waals surface area contributed by atoms with Gasteiger partial charge in [-0.1, -0.05) is 12.1 Å². The van der Waals surface area contributed by atoms with Gasteiger partial charge in [-0.25, -0.2) is 13.2 Å². The molecule has 1 aromatic heterocycles. The number of rotatable bonds is 6. The van der Waals surface area contributed by atoms with Gasteiger partial charge < -0.3 is 14.4 Å². The number of furan rings is 1. The summed E-state index contributed by atoms with van der Waals surface area (Å²) in [6, 6.07) is 7.73. The molecule has 0 bridgehead atoms. The van der Waals surface area contributed by atoms with E-state index in [0.29, 0.717) is 16.9 Å². The van der Waals surface area contributed by atoms with E-state index in [0.717, 1.165) is 6.26 Å². The molecule has 0 aliphatic carbocycles. The highest BCUT2D eigenvalue weighted by Crippen LogP contribution is 2.17. The topological polar surface area (TPSA) is 105 Å². The summed E-state index contributed by atoms with van der Waals surface area (Å²) in [5, 5.41) is 9.02. The summed E-state index contributed by atoms with van der Waals surface area (Å²) in [6.07, 6.45) is 1.15. The van der Waals surface area contributed by atoms with Gasteiger partial charge in [0.15, 0.2) is 9.84 Å². The van der Waals surface area contributed by atoms with Crippen LogP contribution in [0.5, 0.6) is 0 Å². The van der Waals surface area contributed by atoms with Crippen LogP contribution in [0, 0.1) is 6.92 Å². The Kier molecular flexibility index (Phi) is 5.32. The van der Waals surface area contributed by atoms with Crippen molar-refractivity contribution in [2.75, 3.05) is 13.3 Å². The van der Waals surface area contributed by atoms with Crippen LogP contribution in [-0.4, -0.2) is 43.6 Å². The number of aryl methyl sites for hydroxylation is 1. The molecule has 0 radical (unpaired) electrons. The number of hydrogen-bond donors (Lipinski definition) is 1. The van der Waals surface area contributed by atoms with E-state index in [4.69, 9.17) is 9.52 Å². The molecule has 2 aromatic rings. The highest BCUT2D eigenvalue weighted by molar-refractivity contribution is 7.89. The van der Waals surface area contributed by atoms with E-state index in [-0.39, 0.29) is 29.5 Å². The fourth-order valence-corrected chi connectivity index (χ4v) is 3.20. The first kappa shape index (κ1) is 18.7. The summed E-state index contributed by atoms with van der Waals surface area (Å²) in [4.78, 5) is 24.8. The van der Waals surface area contributed by atoms with Crippen molar-refractivity contribution in [3.05, 3.63) is 58.5 Å². The summed E-state index contributed by atoms with van der Waals surface area (Å²) < 4.78 is 27.9. The average molecular weight is 365 g/mol. The minimum Gasteiger partial charge on any atom is -0.478 e. The SMILES string of the molecule is Cc1oc(CN(C)C(=O)c2ccc(CS(C)(=O)=O)cc2)cc1C(=O)O. The van der Waals surface area contributed by atoms with E-state index in [9.17, 15) is 18.0 Å². The number of amides is 1. The molecule has 0 spiro atoms. The van der Waals surface area contributed by atoms with Gasteiger partial charge in [-0.05, 0) is 30.7 Å². The zero-order valence-corrected chi connectivity index (χ0v) is 15.0. The smallest absolute Gasteiger partial charge is 0.339 e. The first-order valence-corrected chi connectivity index (χ1v) is 9.47. The molecule has 0 fully saturated rings. The molecular weight excluding hydrogens is 346 g/mol. The fraction of sp³-hybridized carbons (Fsp3) is 0.294. The van der Waals surface area contributed by atoms with Crippen LogP contribution >= 0.6 is 0 Å². The molecule has 0 aliphatic heterocycles. The fourth-order valence-electron chi connectivity index (χ4n) is 2.41. The lowest BCUT2D eigenvalue weighted by Crippen LogP contribution is -2.26. The number of hydrogen-bond acceptors (Lipinski definition) is 5. The van der Waals surface area contributed by atoms with Crippen LogP contribution in [0.3, 0.4) is 0 Å². The second-order valence-corrected chi connectivity index (χ2v) is 8.06. The number of aromatic carboxylic acids is 1. The van der Waals surface area contributed by atoms with Gasteiger partial charge in [-0.15, -0.1) is 0 Å². The molecule has 0 saturated carbocycles. The van der Waals surface area contributed by atoms with Crippen LogP contribution < -0.4 is 0 Å². The Labute approximate surface area is 145 Å². The van der Waals surface area contributed by atoms with Crippen LogP contribution in [0.2, 0.25) is 0 Å². The normalized spacial score (nSPS) is 11.3. The largest absolute Gasteiger partial charge is 0.478 e. The number of carboxylic acid groups (broad SMARTS) is 1. The van der Waals surface area contributed by atoms with Gasteiger partial charge in [-0.2, -0.15) is 0 Å². The van der Waals surface area contributed by atoms with Crippen molar-refractivity contribution < 1.29 is 27.5 Å². The average Bonchev–Trinajstić information content (AvgIpc) is 2.86. The molecule has 1 N–H and O–H groups in total. The van der Waals surface area contributed by atoms with Crippen LogP contribution in [0.15, 0.2) is 34.7 Å². The second kappa shape index (κ2) is 7.10. The third kappa shape index (κ3) is 4.93. The molecule has 0 unspecified atom stereocenters. The Hall–Kier alpha value is -2.61. The summed E-state index contributed by atoms with van der Waals surface area (Å²) in [5.74, 6) is -0.784. The van der Waals surface area contributed by atoms with Gasteiger partial charge in [0.25, 0.3) is 5.91 Å². The maximum Gasteiger partial charge on any atom is 0.339 e. The molecule has 1 aromatic carbocycles. The molecule has 0 aliphatic rings. The molecule has 134 valence electrons. The lowest BCUT2D eigenvalue weighted by atomic mass is 10.1. The van der Waals surface area contributed by atoms with Gasteiger partial charge in [0.2, 0.25) is 0 Å². The van der Waals surface area contributed by atoms with Crippen molar-refractivity contribution in [3.8, 4) is 0 Å². The predicted octanol–water partition coefficient (Wildman–Crippen LogP) is 2.10. The van der Waals surface area contributed by atoms with E-state index in [1.165, 1.54) is 11.0 Å². The maximum atomic E-state index is 12.4. The molecule has 1 heterocycles. The molecule has 7 nitrogen and oxygen atoms in total. The van der Waals surface area contributed by atoms with Gasteiger partial charge in [0.05, 0.1) is 12.3 Å². The maximum absolute atomic E-state index is 12.4. The van der Waals surface area contributed by atoms with Crippen molar-refractivity contribution in [1.82, 2.24) is 4.90 Å². The summed E-state index contributed by atoms with van der Waals surface area (Å²) >= 11 is 0. The van der Waals surface area contributed by atoms with Crippen molar-refractivity contribution >= 4 is 21.7 Å². The van der Waals surface area contributed by atoms with Gasteiger partial charge in [-0.3, -0.25) is 4.79 Å². The molecular formula is C17H19NO6S. The lowest BCUT2D eigenvalue weighted by molar-refractivity contribution is 0.0694. The number of sulfone groups is 1. The van der Waals surface area contributed by atoms with Crippen molar-refractivity contribution in [2.45, 2.75) is 19.2 Å². The molecule has 0 saturated heterocycles. The van der Waals surface area contributed by atoms with E-state index >= 15 is 0 Å². The number of nitrogens with zero attached hydrogens (tertiary/aromatic N) is 1. The van der Waals surface area contributed by atoms with Gasteiger partial charge in [0, 0.05) is 18.9 Å². The van der Waals surface area contributed by atoms with Crippen LogP contribution in [0.25, 0.3) is 0 Å². The van der Waals surface area contributed by atoms with E-state index in [2.05, 4.69) is 0 Å². The highest BCUT2D eigenvalue weighted by Gasteiger charge is 2.18. The van der Waals surface area contributed by atoms with E-state index in [1.807, 2.05) is 0 Å². The van der Waals surface area contributed by atoms with Gasteiger partial charge in [0.1, 0.15) is 17.1 Å². The van der Waals surface area contributed by atoms with Crippen LogP contribution in [0.1, 0.15) is 37.8 Å². The van der Waals surface area contributed by atoms with E-state index in [1.54, 1.807) is 38.2 Å². The number of carbonyl (C=O) groups excluding carboxylic acids is 1. The quantitative estimate of drug-likeness (QED) is 0.840. The first-order valence-electron chi connectivity index (χ1n) is 7.41. The minimum atomic E-state index is -3.13. The van der Waals surface area contributed by atoms with Crippen molar-refractivity contribution in [3.63, 3.8) is 0 Å². The van der Waals surface area contributed by atoms with Crippen molar-refractivity contribution in [2.24, 2.45) is 0 Å². The van der Waals surface area contributed by atoms with Gasteiger partial charge >= 0.3 is 5.97 Å². The predicted molar refractivity (Wildman–Crippen MR) is 91.2 cm³/mol. The van der Waals surface area contributed by atoms with Crippen LogP contribution in [0.4, 0.5) is 0 Å². The highest BCUT2D eigenvalue weighted by atomic mass is 32.2. The summed E-state index contributed by atoms with van der Waals surface area (Å²) in [7, 11) is -1.56. The number of carbonyl (C=O) groups is 2. The van der Waals surface area contributed by atoms with E-state index < -0.39 is 15.8 Å². The monoisotopic (exact) mass is 365 g/mol. The molecule has 1 amide bonds. The molecule has 8 heteroatoms. The Morgan fingerprint density at radius 3 is 2.28 bits per heavy atom. The number of benzene rings is 1. The Bertz CT molecular complexity index is 896. The third-order valence-electron chi connectivity index (χ3n) is 3.57. The number of carboxylic acids is 1. The Morgan fingerprint density at radius 2 is 1.80 bits per heavy atom. The minimum absolute atomic E-state index is 0.0703. The standard InChI is InChI=1S/C17H19NO6S/c1-11-15(17(20)21)8-14(24-11)9-18(2)16(19)13-6-4-12(5-7-13)10-25(3,22)23/h4-8H,9-10H2,1-3H3,(H,20,21). The Morgan fingerprint density at radius 1 is 1.20 bits per heavy atom. The third-order valence-corrected chi connectivity index (χ3v) is 4.43.